The predicted octanol–water partition coefficient (Wildman–Crippen LogP) is 0.106. The second-order valence-corrected chi connectivity index (χ2v) is 4.52. The lowest BCUT2D eigenvalue weighted by Crippen LogP contribution is -2.37. The summed E-state index contributed by atoms with van der Waals surface area (Å²) in [4.78, 5) is 11.5. The third-order valence-electron chi connectivity index (χ3n) is 3.39. The lowest BCUT2D eigenvalue weighted by Gasteiger charge is -2.19. The van der Waals surface area contributed by atoms with Gasteiger partial charge in [-0.2, -0.15) is 0 Å². The number of rotatable bonds is 5. The Morgan fingerprint density at radius 2 is 2.20 bits per heavy atom. The van der Waals surface area contributed by atoms with E-state index in [1.165, 1.54) is 0 Å². The number of aliphatic hydroxyl groups excluding tert-OH is 1. The smallest absolute Gasteiger partial charge is 0.224 e. The topological polar surface area (TPSA) is 75.4 Å². The average Bonchev–Trinajstić information content (AvgIpc) is 2.71. The molecule has 0 saturated heterocycles. The maximum absolute atomic E-state index is 11.5. The number of hydrogen-bond acceptors (Lipinski definition) is 3. The van der Waals surface area contributed by atoms with Crippen LogP contribution in [0.1, 0.15) is 26.2 Å². The molecule has 15 heavy (non-hydrogen) atoms. The zero-order valence-corrected chi connectivity index (χ0v) is 9.41. The van der Waals surface area contributed by atoms with Gasteiger partial charge in [-0.25, -0.2) is 0 Å². The Balaban J connectivity index is 2.27. The normalized spacial score (nSPS) is 27.7. The van der Waals surface area contributed by atoms with Crippen LogP contribution in [-0.2, 0) is 4.79 Å². The number of amides is 1. The van der Waals surface area contributed by atoms with Gasteiger partial charge in [0.1, 0.15) is 0 Å². The first-order chi connectivity index (χ1) is 7.19. The summed E-state index contributed by atoms with van der Waals surface area (Å²) in [5.41, 5.74) is 5.41. The first-order valence-corrected chi connectivity index (χ1v) is 5.77. The van der Waals surface area contributed by atoms with E-state index in [1.807, 2.05) is 6.92 Å². The Morgan fingerprint density at radius 1 is 1.53 bits per heavy atom. The highest BCUT2D eigenvalue weighted by atomic mass is 16.3. The Kier molecular flexibility index (Phi) is 5.05. The highest BCUT2D eigenvalue weighted by Gasteiger charge is 2.27. The van der Waals surface area contributed by atoms with Crippen molar-refractivity contribution in [2.75, 3.05) is 19.7 Å². The van der Waals surface area contributed by atoms with Crippen LogP contribution in [0, 0.1) is 17.8 Å². The van der Waals surface area contributed by atoms with E-state index in [2.05, 4.69) is 5.32 Å². The molecule has 1 amide bonds. The van der Waals surface area contributed by atoms with Crippen molar-refractivity contribution >= 4 is 5.91 Å². The third kappa shape index (κ3) is 3.47. The number of hydrogen-bond donors (Lipinski definition) is 3. The standard InChI is InChI=1S/C11H22N2O2/c1-8(5-12)11(15)13-6-9-3-2-4-10(9)7-14/h8-10,14H,2-7,12H2,1H3,(H,13,15). The summed E-state index contributed by atoms with van der Waals surface area (Å²) in [5.74, 6) is 0.738. The van der Waals surface area contributed by atoms with Gasteiger partial charge in [-0.3, -0.25) is 4.79 Å². The van der Waals surface area contributed by atoms with Gasteiger partial charge in [0.15, 0.2) is 0 Å². The van der Waals surface area contributed by atoms with E-state index >= 15 is 0 Å². The molecule has 1 saturated carbocycles. The summed E-state index contributed by atoms with van der Waals surface area (Å²) in [7, 11) is 0. The maximum Gasteiger partial charge on any atom is 0.224 e. The zero-order valence-electron chi connectivity index (χ0n) is 9.41. The van der Waals surface area contributed by atoms with Gasteiger partial charge < -0.3 is 16.2 Å². The molecule has 1 fully saturated rings. The number of carbonyl (C=O) groups excluding carboxylic acids is 1. The van der Waals surface area contributed by atoms with Gasteiger partial charge in [0, 0.05) is 25.6 Å². The highest BCUT2D eigenvalue weighted by Crippen LogP contribution is 2.30. The molecule has 3 unspecified atom stereocenters. The molecule has 4 heteroatoms. The SMILES string of the molecule is CC(CN)C(=O)NCC1CCCC1CO. The van der Waals surface area contributed by atoms with Crippen LogP contribution < -0.4 is 11.1 Å². The molecule has 0 aromatic heterocycles. The Morgan fingerprint density at radius 3 is 2.80 bits per heavy atom. The summed E-state index contributed by atoms with van der Waals surface area (Å²) >= 11 is 0. The first kappa shape index (κ1) is 12.5. The van der Waals surface area contributed by atoms with E-state index in [9.17, 15) is 4.79 Å². The van der Waals surface area contributed by atoms with Crippen LogP contribution in [0.15, 0.2) is 0 Å². The van der Waals surface area contributed by atoms with Crippen molar-refractivity contribution in [3.8, 4) is 0 Å². The van der Waals surface area contributed by atoms with Gasteiger partial charge in [0.2, 0.25) is 5.91 Å². The fraction of sp³-hybridized carbons (Fsp3) is 0.909. The summed E-state index contributed by atoms with van der Waals surface area (Å²) in [6.45, 7) is 3.15. The largest absolute Gasteiger partial charge is 0.396 e. The minimum atomic E-state index is -0.112. The molecule has 1 aliphatic rings. The van der Waals surface area contributed by atoms with Crippen LogP contribution in [0.25, 0.3) is 0 Å². The minimum absolute atomic E-state index is 0.0288. The number of nitrogens with one attached hydrogen (secondary N) is 1. The van der Waals surface area contributed by atoms with Gasteiger partial charge >= 0.3 is 0 Å². The molecule has 3 atom stereocenters. The molecule has 0 aromatic rings. The average molecular weight is 214 g/mol. The highest BCUT2D eigenvalue weighted by molar-refractivity contribution is 5.78. The van der Waals surface area contributed by atoms with Crippen molar-refractivity contribution in [3.05, 3.63) is 0 Å². The van der Waals surface area contributed by atoms with E-state index < -0.39 is 0 Å². The molecule has 0 spiro atoms. The van der Waals surface area contributed by atoms with E-state index in [0.29, 0.717) is 24.9 Å². The van der Waals surface area contributed by atoms with Crippen LogP contribution in [0.4, 0.5) is 0 Å². The monoisotopic (exact) mass is 214 g/mol. The molecule has 88 valence electrons. The maximum atomic E-state index is 11.5. The lowest BCUT2D eigenvalue weighted by atomic mass is 9.97. The van der Waals surface area contributed by atoms with Crippen LogP contribution in [0.5, 0.6) is 0 Å². The van der Waals surface area contributed by atoms with Crippen molar-refractivity contribution in [1.82, 2.24) is 5.32 Å². The van der Waals surface area contributed by atoms with Crippen molar-refractivity contribution in [1.29, 1.82) is 0 Å². The molecule has 1 aliphatic carbocycles. The minimum Gasteiger partial charge on any atom is -0.396 e. The molecule has 4 N–H and O–H groups in total. The molecular formula is C11H22N2O2. The Bertz CT molecular complexity index is 209. The van der Waals surface area contributed by atoms with Crippen molar-refractivity contribution < 1.29 is 9.90 Å². The molecule has 0 aromatic carbocycles. The van der Waals surface area contributed by atoms with Crippen molar-refractivity contribution in [3.63, 3.8) is 0 Å². The van der Waals surface area contributed by atoms with Gasteiger partial charge in [-0.15, -0.1) is 0 Å². The fourth-order valence-corrected chi connectivity index (χ4v) is 2.14. The number of carbonyl (C=O) groups is 1. The molecular weight excluding hydrogens is 192 g/mol. The van der Waals surface area contributed by atoms with E-state index in [0.717, 1.165) is 19.3 Å². The number of nitrogens with two attached hydrogens (primary N) is 1. The molecule has 0 radical (unpaired) electrons. The van der Waals surface area contributed by atoms with E-state index in [1.54, 1.807) is 0 Å². The van der Waals surface area contributed by atoms with Gasteiger partial charge in [-0.05, 0) is 24.7 Å². The van der Waals surface area contributed by atoms with E-state index in [4.69, 9.17) is 10.8 Å². The summed E-state index contributed by atoms with van der Waals surface area (Å²) in [5, 5.41) is 12.0. The van der Waals surface area contributed by atoms with Gasteiger partial charge in [-0.1, -0.05) is 13.3 Å². The van der Waals surface area contributed by atoms with Crippen molar-refractivity contribution in [2.24, 2.45) is 23.5 Å². The molecule has 4 nitrogen and oxygen atoms in total. The van der Waals surface area contributed by atoms with Crippen LogP contribution in [0.2, 0.25) is 0 Å². The van der Waals surface area contributed by atoms with Crippen LogP contribution in [0.3, 0.4) is 0 Å². The van der Waals surface area contributed by atoms with Crippen LogP contribution >= 0.6 is 0 Å². The van der Waals surface area contributed by atoms with Gasteiger partial charge in [0.05, 0.1) is 0 Å². The quantitative estimate of drug-likeness (QED) is 0.608. The first-order valence-electron chi connectivity index (χ1n) is 5.77. The summed E-state index contributed by atoms with van der Waals surface area (Å²) in [6.07, 6.45) is 3.37. The van der Waals surface area contributed by atoms with Crippen LogP contribution in [-0.4, -0.2) is 30.7 Å². The lowest BCUT2D eigenvalue weighted by molar-refractivity contribution is -0.124. The molecule has 0 aliphatic heterocycles. The Labute approximate surface area is 91.2 Å². The molecule has 0 heterocycles. The summed E-state index contributed by atoms with van der Waals surface area (Å²) in [6, 6.07) is 0. The Hall–Kier alpha value is -0.610. The molecule has 1 rings (SSSR count). The second-order valence-electron chi connectivity index (χ2n) is 4.52. The second kappa shape index (κ2) is 6.08. The summed E-state index contributed by atoms with van der Waals surface area (Å²) < 4.78 is 0. The molecule has 0 bridgehead atoms. The van der Waals surface area contributed by atoms with E-state index in [-0.39, 0.29) is 18.4 Å². The van der Waals surface area contributed by atoms with Crippen molar-refractivity contribution in [2.45, 2.75) is 26.2 Å². The number of aliphatic hydroxyl groups is 1. The predicted molar refractivity (Wildman–Crippen MR) is 59.1 cm³/mol. The third-order valence-corrected chi connectivity index (χ3v) is 3.39. The fourth-order valence-electron chi connectivity index (χ4n) is 2.14. The van der Waals surface area contributed by atoms with Gasteiger partial charge in [0.25, 0.3) is 0 Å². The zero-order chi connectivity index (χ0) is 11.3.